The molecule has 0 unspecified atom stereocenters. The number of nitrogens with one attached hydrogen (secondary N) is 1. The van der Waals surface area contributed by atoms with Gasteiger partial charge in [-0.05, 0) is 55.9 Å². The van der Waals surface area contributed by atoms with E-state index in [0.29, 0.717) is 16.5 Å². The van der Waals surface area contributed by atoms with Crippen molar-refractivity contribution in [1.29, 1.82) is 0 Å². The first kappa shape index (κ1) is 18.7. The van der Waals surface area contributed by atoms with Gasteiger partial charge in [-0.2, -0.15) is 0 Å². The molecule has 2 heterocycles. The first-order valence-electron chi connectivity index (χ1n) is 9.76. The number of hydrogen-bond acceptors (Lipinski definition) is 3. The van der Waals surface area contributed by atoms with Gasteiger partial charge in [-0.15, -0.1) is 11.3 Å². The van der Waals surface area contributed by atoms with E-state index in [0.717, 1.165) is 24.2 Å². The number of aromatic nitrogens is 2. The molecule has 1 N–H and O–H groups in total. The first-order valence-corrected chi connectivity index (χ1v) is 10.6. The lowest BCUT2D eigenvalue weighted by Crippen LogP contribution is -2.22. The van der Waals surface area contributed by atoms with Crippen LogP contribution in [0.15, 0.2) is 41.2 Å². The maximum atomic E-state index is 13.0. The molecule has 0 fully saturated rings. The Labute approximate surface area is 168 Å². The minimum Gasteiger partial charge on any atom is -0.315 e. The van der Waals surface area contributed by atoms with Crippen molar-refractivity contribution in [2.45, 2.75) is 39.5 Å². The molecule has 146 valence electrons. The molecule has 2 aromatic heterocycles. The molecule has 0 radical (unpaired) electrons. The van der Waals surface area contributed by atoms with E-state index in [1.807, 2.05) is 50.4 Å². The summed E-state index contributed by atoms with van der Waals surface area (Å²) in [6, 6.07) is 11.5. The van der Waals surface area contributed by atoms with Gasteiger partial charge < -0.3 is 5.32 Å². The Morgan fingerprint density at radius 1 is 1.29 bits per heavy atom. The number of benzene rings is 1. The average Bonchev–Trinajstić information content (AvgIpc) is 3.23. The van der Waals surface area contributed by atoms with E-state index in [9.17, 15) is 9.59 Å². The van der Waals surface area contributed by atoms with E-state index in [1.165, 1.54) is 23.3 Å². The van der Waals surface area contributed by atoms with Gasteiger partial charge in [0.25, 0.3) is 11.5 Å². The fourth-order valence-electron chi connectivity index (χ4n) is 3.95. The molecule has 28 heavy (non-hydrogen) atoms. The van der Waals surface area contributed by atoms with Gasteiger partial charge in [-0.1, -0.05) is 31.5 Å². The van der Waals surface area contributed by atoms with Crippen LogP contribution in [0.2, 0.25) is 0 Å². The summed E-state index contributed by atoms with van der Waals surface area (Å²) in [4.78, 5) is 27.9. The van der Waals surface area contributed by atoms with E-state index in [1.54, 1.807) is 20.7 Å². The first-order chi connectivity index (χ1) is 13.5. The molecule has 1 aliphatic rings. The summed E-state index contributed by atoms with van der Waals surface area (Å²) in [5, 5.41) is 2.88. The highest BCUT2D eigenvalue weighted by Crippen LogP contribution is 2.33. The Bertz CT molecular complexity index is 1080. The standard InChI is InChI=1S/C22H25N3O2S/c1-4-15-10-11-18-16(12-15)13-19(28-18)21(26)23-20-14(2)24(3)25(22(20)27)17-8-6-5-7-9-17/h5-9,13,15H,4,10-12H2,1-3H3,(H,23,26)/t15-/m1/s1. The maximum absolute atomic E-state index is 13.0. The normalized spacial score (nSPS) is 16.0. The zero-order valence-corrected chi connectivity index (χ0v) is 17.3. The summed E-state index contributed by atoms with van der Waals surface area (Å²) in [6.07, 6.45) is 4.49. The summed E-state index contributed by atoms with van der Waals surface area (Å²) in [6.45, 7) is 4.08. The van der Waals surface area contributed by atoms with Crippen molar-refractivity contribution in [2.75, 3.05) is 5.32 Å². The van der Waals surface area contributed by atoms with E-state index in [2.05, 4.69) is 12.2 Å². The van der Waals surface area contributed by atoms with Crippen molar-refractivity contribution in [2.24, 2.45) is 13.0 Å². The lowest BCUT2D eigenvalue weighted by Gasteiger charge is -2.19. The number of para-hydroxylation sites is 1. The van der Waals surface area contributed by atoms with Gasteiger partial charge in [-0.3, -0.25) is 14.3 Å². The van der Waals surface area contributed by atoms with Gasteiger partial charge in [0.1, 0.15) is 5.69 Å². The Hall–Kier alpha value is -2.60. The second-order valence-electron chi connectivity index (χ2n) is 7.47. The monoisotopic (exact) mass is 395 g/mol. The summed E-state index contributed by atoms with van der Waals surface area (Å²) in [5.74, 6) is 0.519. The maximum Gasteiger partial charge on any atom is 0.295 e. The average molecular weight is 396 g/mol. The highest BCUT2D eigenvalue weighted by molar-refractivity contribution is 7.14. The molecule has 1 aromatic carbocycles. The number of carbonyl (C=O) groups is 1. The minimum atomic E-state index is -0.216. The van der Waals surface area contributed by atoms with Crippen molar-refractivity contribution in [3.05, 3.63) is 67.8 Å². The van der Waals surface area contributed by atoms with Crippen LogP contribution in [0, 0.1) is 12.8 Å². The van der Waals surface area contributed by atoms with Crippen LogP contribution in [0.5, 0.6) is 0 Å². The van der Waals surface area contributed by atoms with Crippen LogP contribution in [0.4, 0.5) is 5.69 Å². The SMILES string of the molecule is CC[C@@H]1CCc2sc(C(=O)Nc3c(C)n(C)n(-c4ccccc4)c3=O)cc2C1. The second kappa shape index (κ2) is 7.43. The van der Waals surface area contributed by atoms with Crippen molar-refractivity contribution in [3.8, 4) is 5.69 Å². The molecule has 6 heteroatoms. The minimum absolute atomic E-state index is 0.196. The van der Waals surface area contributed by atoms with Crippen molar-refractivity contribution >= 4 is 22.9 Å². The van der Waals surface area contributed by atoms with Crippen LogP contribution in [0.3, 0.4) is 0 Å². The van der Waals surface area contributed by atoms with E-state index < -0.39 is 0 Å². The van der Waals surface area contributed by atoms with Gasteiger partial charge in [0.15, 0.2) is 0 Å². The molecule has 0 bridgehead atoms. The second-order valence-corrected chi connectivity index (χ2v) is 8.60. The third-order valence-electron chi connectivity index (χ3n) is 5.78. The summed E-state index contributed by atoms with van der Waals surface area (Å²) < 4.78 is 3.36. The molecule has 3 aromatic rings. The van der Waals surface area contributed by atoms with Gasteiger partial charge in [0.05, 0.1) is 16.3 Å². The molecule has 0 aliphatic heterocycles. The summed E-state index contributed by atoms with van der Waals surface area (Å²) in [5.41, 5.74) is 2.94. The fraction of sp³-hybridized carbons (Fsp3) is 0.364. The fourth-order valence-corrected chi connectivity index (χ4v) is 5.05. The van der Waals surface area contributed by atoms with Crippen molar-refractivity contribution in [1.82, 2.24) is 9.36 Å². The van der Waals surface area contributed by atoms with Crippen LogP contribution in [-0.4, -0.2) is 15.3 Å². The number of rotatable bonds is 4. The molecule has 0 saturated carbocycles. The number of aryl methyl sites for hydroxylation is 1. The van der Waals surface area contributed by atoms with Gasteiger partial charge in [0, 0.05) is 11.9 Å². The molecule has 4 rings (SSSR count). The molecule has 1 amide bonds. The topological polar surface area (TPSA) is 56.0 Å². The summed E-state index contributed by atoms with van der Waals surface area (Å²) in [7, 11) is 1.83. The molecule has 0 saturated heterocycles. The van der Waals surface area contributed by atoms with Crippen LogP contribution < -0.4 is 10.9 Å². The molecule has 1 aliphatic carbocycles. The number of thiophene rings is 1. The summed E-state index contributed by atoms with van der Waals surface area (Å²) >= 11 is 1.57. The zero-order chi connectivity index (χ0) is 19.8. The lowest BCUT2D eigenvalue weighted by atomic mass is 9.87. The predicted octanol–water partition coefficient (Wildman–Crippen LogP) is 4.31. The van der Waals surface area contributed by atoms with E-state index in [-0.39, 0.29) is 11.5 Å². The van der Waals surface area contributed by atoms with Crippen LogP contribution >= 0.6 is 11.3 Å². The van der Waals surface area contributed by atoms with E-state index in [4.69, 9.17) is 0 Å². The molecule has 1 atom stereocenters. The molecular weight excluding hydrogens is 370 g/mol. The smallest absolute Gasteiger partial charge is 0.295 e. The molecule has 0 spiro atoms. The zero-order valence-electron chi connectivity index (χ0n) is 16.5. The van der Waals surface area contributed by atoms with Crippen LogP contribution in [0.25, 0.3) is 5.69 Å². The largest absolute Gasteiger partial charge is 0.315 e. The van der Waals surface area contributed by atoms with Crippen LogP contribution in [-0.2, 0) is 19.9 Å². The number of anilines is 1. The Kier molecular flexibility index (Phi) is 4.98. The lowest BCUT2D eigenvalue weighted by molar-refractivity contribution is 0.103. The predicted molar refractivity (Wildman–Crippen MR) is 114 cm³/mol. The number of amides is 1. The number of hydrogen-bond donors (Lipinski definition) is 1. The van der Waals surface area contributed by atoms with Crippen LogP contribution in [0.1, 0.15) is 45.6 Å². The number of carbonyl (C=O) groups excluding carboxylic acids is 1. The van der Waals surface area contributed by atoms with Crippen molar-refractivity contribution < 1.29 is 4.79 Å². The van der Waals surface area contributed by atoms with E-state index >= 15 is 0 Å². The highest BCUT2D eigenvalue weighted by Gasteiger charge is 2.24. The highest BCUT2D eigenvalue weighted by atomic mass is 32.1. The Balaban J connectivity index is 1.63. The van der Waals surface area contributed by atoms with Gasteiger partial charge in [0.2, 0.25) is 0 Å². The number of nitrogens with zero attached hydrogens (tertiary/aromatic N) is 2. The van der Waals surface area contributed by atoms with Crippen molar-refractivity contribution in [3.63, 3.8) is 0 Å². The quantitative estimate of drug-likeness (QED) is 0.715. The number of fused-ring (bicyclic) bond motifs is 1. The molecule has 5 nitrogen and oxygen atoms in total. The Morgan fingerprint density at radius 2 is 2.04 bits per heavy atom. The third kappa shape index (κ3) is 3.22. The Morgan fingerprint density at radius 3 is 2.75 bits per heavy atom. The van der Waals surface area contributed by atoms with Gasteiger partial charge in [-0.25, -0.2) is 4.68 Å². The molecular formula is C22H25N3O2S. The third-order valence-corrected chi connectivity index (χ3v) is 7.01. The van der Waals surface area contributed by atoms with Gasteiger partial charge >= 0.3 is 0 Å².